The van der Waals surface area contributed by atoms with Gasteiger partial charge >= 0.3 is 0 Å². The fraction of sp³-hybridized carbons (Fsp3) is 0.643. The standard InChI is InChI=1S/C14H24O/c1-6-14(7-2,9-8-12(3)4)10-13(5)11-15/h8,10-11H,6-7,9H2,1-5H3/b13-10+. The molecule has 0 aliphatic carbocycles. The number of hydrogen-bond acceptors (Lipinski definition) is 1. The van der Waals surface area contributed by atoms with Crippen LogP contribution in [-0.4, -0.2) is 6.29 Å². The van der Waals surface area contributed by atoms with Crippen LogP contribution in [0.1, 0.15) is 53.9 Å². The molecule has 0 aromatic carbocycles. The van der Waals surface area contributed by atoms with Crippen LogP contribution >= 0.6 is 0 Å². The third-order valence-corrected chi connectivity index (χ3v) is 3.04. The molecule has 0 N–H and O–H groups in total. The molecule has 0 aromatic heterocycles. The Labute approximate surface area is 94.3 Å². The van der Waals surface area contributed by atoms with Gasteiger partial charge in [-0.15, -0.1) is 0 Å². The molecular formula is C14H24O. The van der Waals surface area contributed by atoms with Crippen molar-refractivity contribution >= 4 is 6.29 Å². The lowest BCUT2D eigenvalue weighted by atomic mass is 9.77. The average Bonchev–Trinajstić information content (AvgIpc) is 2.24. The SMILES string of the molecule is CCC(/C=C(\C)C=O)(CC)CC=C(C)C. The Kier molecular flexibility index (Phi) is 6.23. The van der Waals surface area contributed by atoms with Crippen molar-refractivity contribution in [2.75, 3.05) is 0 Å². The number of hydrogen-bond donors (Lipinski definition) is 0. The van der Waals surface area contributed by atoms with Crippen LogP contribution in [0.3, 0.4) is 0 Å². The molecule has 0 saturated carbocycles. The molecule has 0 unspecified atom stereocenters. The van der Waals surface area contributed by atoms with Crippen LogP contribution in [0.5, 0.6) is 0 Å². The molecule has 0 atom stereocenters. The van der Waals surface area contributed by atoms with E-state index in [0.717, 1.165) is 31.1 Å². The highest BCUT2D eigenvalue weighted by atomic mass is 16.1. The summed E-state index contributed by atoms with van der Waals surface area (Å²) in [6.45, 7) is 10.5. The van der Waals surface area contributed by atoms with E-state index in [0.29, 0.717) is 0 Å². The molecule has 1 nitrogen and oxygen atoms in total. The van der Waals surface area contributed by atoms with Gasteiger partial charge < -0.3 is 0 Å². The lowest BCUT2D eigenvalue weighted by Crippen LogP contribution is -2.15. The molecule has 15 heavy (non-hydrogen) atoms. The van der Waals surface area contributed by atoms with E-state index in [-0.39, 0.29) is 5.41 Å². The van der Waals surface area contributed by atoms with Gasteiger partial charge in [0.25, 0.3) is 0 Å². The Bertz CT molecular complexity index is 251. The Morgan fingerprint density at radius 2 is 1.67 bits per heavy atom. The Morgan fingerprint density at radius 3 is 2.00 bits per heavy atom. The maximum Gasteiger partial charge on any atom is 0.145 e. The first-order valence-corrected chi connectivity index (χ1v) is 5.77. The van der Waals surface area contributed by atoms with E-state index < -0.39 is 0 Å². The maximum atomic E-state index is 10.7. The summed E-state index contributed by atoms with van der Waals surface area (Å²) in [6.07, 6.45) is 8.55. The maximum absolute atomic E-state index is 10.7. The van der Waals surface area contributed by atoms with Gasteiger partial charge in [-0.25, -0.2) is 0 Å². The molecule has 0 aliphatic heterocycles. The van der Waals surface area contributed by atoms with Gasteiger partial charge in [-0.1, -0.05) is 31.6 Å². The van der Waals surface area contributed by atoms with Gasteiger partial charge in [0.15, 0.2) is 0 Å². The van der Waals surface area contributed by atoms with E-state index in [1.807, 2.05) is 6.92 Å². The van der Waals surface area contributed by atoms with Crippen molar-refractivity contribution in [3.05, 3.63) is 23.3 Å². The summed E-state index contributed by atoms with van der Waals surface area (Å²) in [7, 11) is 0. The largest absolute Gasteiger partial charge is 0.298 e. The van der Waals surface area contributed by atoms with Crippen LogP contribution in [-0.2, 0) is 4.79 Å². The van der Waals surface area contributed by atoms with Crippen LogP contribution < -0.4 is 0 Å². The van der Waals surface area contributed by atoms with Crippen LogP contribution in [0.2, 0.25) is 0 Å². The summed E-state index contributed by atoms with van der Waals surface area (Å²) < 4.78 is 0. The number of aldehydes is 1. The lowest BCUT2D eigenvalue weighted by Gasteiger charge is -2.27. The van der Waals surface area contributed by atoms with Gasteiger partial charge in [0, 0.05) is 0 Å². The summed E-state index contributed by atoms with van der Waals surface area (Å²) >= 11 is 0. The smallest absolute Gasteiger partial charge is 0.145 e. The first kappa shape index (κ1) is 14.2. The predicted molar refractivity (Wildman–Crippen MR) is 66.9 cm³/mol. The molecule has 86 valence electrons. The fourth-order valence-electron chi connectivity index (χ4n) is 1.73. The molecular weight excluding hydrogens is 184 g/mol. The van der Waals surface area contributed by atoms with Crippen LogP contribution in [0.15, 0.2) is 23.3 Å². The lowest BCUT2D eigenvalue weighted by molar-refractivity contribution is -0.104. The van der Waals surface area contributed by atoms with Crippen molar-refractivity contribution < 1.29 is 4.79 Å². The van der Waals surface area contributed by atoms with E-state index in [1.54, 1.807) is 0 Å². The minimum atomic E-state index is 0.169. The normalized spacial score (nSPS) is 12.5. The molecule has 0 spiro atoms. The van der Waals surface area contributed by atoms with E-state index >= 15 is 0 Å². The van der Waals surface area contributed by atoms with Crippen molar-refractivity contribution in [2.24, 2.45) is 5.41 Å². The number of carbonyl (C=O) groups is 1. The van der Waals surface area contributed by atoms with Crippen LogP contribution in [0.4, 0.5) is 0 Å². The molecule has 0 fully saturated rings. The first-order valence-electron chi connectivity index (χ1n) is 5.77. The highest BCUT2D eigenvalue weighted by Gasteiger charge is 2.21. The molecule has 1 heteroatoms. The van der Waals surface area contributed by atoms with Gasteiger partial charge in [0.1, 0.15) is 6.29 Å². The second-order valence-electron chi connectivity index (χ2n) is 4.56. The molecule has 0 aliphatic rings. The number of rotatable bonds is 6. The second kappa shape index (κ2) is 6.60. The van der Waals surface area contributed by atoms with Crippen molar-refractivity contribution in [3.63, 3.8) is 0 Å². The molecule has 0 heterocycles. The van der Waals surface area contributed by atoms with Crippen LogP contribution in [0.25, 0.3) is 0 Å². The second-order valence-corrected chi connectivity index (χ2v) is 4.56. The Balaban J connectivity index is 4.88. The summed E-state index contributed by atoms with van der Waals surface area (Å²) in [5.41, 5.74) is 2.36. The summed E-state index contributed by atoms with van der Waals surface area (Å²) in [5.74, 6) is 0. The zero-order valence-electron chi connectivity index (χ0n) is 10.8. The van der Waals surface area contributed by atoms with Crippen LogP contribution in [0, 0.1) is 5.41 Å². The summed E-state index contributed by atoms with van der Waals surface area (Å²) in [4.78, 5) is 10.7. The minimum absolute atomic E-state index is 0.169. The average molecular weight is 208 g/mol. The fourth-order valence-corrected chi connectivity index (χ4v) is 1.73. The monoisotopic (exact) mass is 208 g/mol. The van der Waals surface area contributed by atoms with E-state index in [2.05, 4.69) is 39.8 Å². The molecule has 0 saturated heterocycles. The van der Waals surface area contributed by atoms with E-state index in [9.17, 15) is 4.79 Å². The minimum Gasteiger partial charge on any atom is -0.298 e. The van der Waals surface area contributed by atoms with Crippen molar-refractivity contribution in [3.8, 4) is 0 Å². The molecule has 0 amide bonds. The Hall–Kier alpha value is -0.850. The zero-order valence-corrected chi connectivity index (χ0v) is 10.8. The third kappa shape index (κ3) is 4.96. The molecule has 0 aromatic rings. The third-order valence-electron chi connectivity index (χ3n) is 3.04. The van der Waals surface area contributed by atoms with Crippen molar-refractivity contribution in [1.29, 1.82) is 0 Å². The highest BCUT2D eigenvalue weighted by Crippen LogP contribution is 2.34. The summed E-state index contributed by atoms with van der Waals surface area (Å²) in [6, 6.07) is 0. The zero-order chi connectivity index (χ0) is 11.9. The van der Waals surface area contributed by atoms with Gasteiger partial charge in [0.05, 0.1) is 0 Å². The van der Waals surface area contributed by atoms with Crippen molar-refractivity contribution in [2.45, 2.75) is 53.9 Å². The highest BCUT2D eigenvalue weighted by molar-refractivity contribution is 5.72. The van der Waals surface area contributed by atoms with Gasteiger partial charge in [-0.2, -0.15) is 0 Å². The van der Waals surface area contributed by atoms with E-state index in [1.165, 1.54) is 5.57 Å². The number of allylic oxidation sites excluding steroid dienone is 4. The molecule has 0 bridgehead atoms. The number of carbonyl (C=O) groups excluding carboxylic acids is 1. The Morgan fingerprint density at radius 1 is 1.13 bits per heavy atom. The van der Waals surface area contributed by atoms with Crippen molar-refractivity contribution in [1.82, 2.24) is 0 Å². The quantitative estimate of drug-likeness (QED) is 0.361. The van der Waals surface area contributed by atoms with Gasteiger partial charge in [-0.05, 0) is 51.0 Å². The predicted octanol–water partition coefficient (Wildman–Crippen LogP) is 4.29. The first-order chi connectivity index (χ1) is 6.99. The summed E-state index contributed by atoms with van der Waals surface area (Å²) in [5, 5.41) is 0. The van der Waals surface area contributed by atoms with Gasteiger partial charge in [-0.3, -0.25) is 4.79 Å². The van der Waals surface area contributed by atoms with E-state index in [4.69, 9.17) is 0 Å². The topological polar surface area (TPSA) is 17.1 Å². The van der Waals surface area contributed by atoms with Gasteiger partial charge in [0.2, 0.25) is 0 Å². The molecule has 0 rings (SSSR count). The molecule has 0 radical (unpaired) electrons.